The fourth-order valence-corrected chi connectivity index (χ4v) is 3.83. The van der Waals surface area contributed by atoms with E-state index in [1.54, 1.807) is 30.3 Å². The van der Waals surface area contributed by atoms with Crippen LogP contribution >= 0.6 is 0 Å². The van der Waals surface area contributed by atoms with Crippen LogP contribution in [0.4, 0.5) is 40.1 Å². The van der Waals surface area contributed by atoms with Crippen molar-refractivity contribution in [3.63, 3.8) is 0 Å². The first kappa shape index (κ1) is 26.9. The number of amides is 3. The second kappa shape index (κ2) is 10.8. The number of urea groups is 1. The van der Waals surface area contributed by atoms with Gasteiger partial charge in [-0.3, -0.25) is 0 Å². The molecule has 2 aromatic heterocycles. The SMILES string of the molecule is COC(=O)Nc1[nH]c2ccc(Oc3ccc(NC(=O)Nc4cc(C(F)(F)F)ccc4-n4cccn4)cc3)cc2[n+]1[O-]. The number of alkyl halides is 3. The summed E-state index contributed by atoms with van der Waals surface area (Å²) in [7, 11) is 1.17. The van der Waals surface area contributed by atoms with Crippen molar-refractivity contribution in [1.82, 2.24) is 14.8 Å². The molecule has 0 bridgehead atoms. The Balaban J connectivity index is 1.27. The van der Waals surface area contributed by atoms with E-state index in [1.165, 1.54) is 48.5 Å². The van der Waals surface area contributed by atoms with Gasteiger partial charge in [0.2, 0.25) is 0 Å². The molecule has 15 heteroatoms. The van der Waals surface area contributed by atoms with Gasteiger partial charge in [0.05, 0.1) is 24.0 Å². The van der Waals surface area contributed by atoms with Crippen molar-refractivity contribution in [2.24, 2.45) is 0 Å². The zero-order valence-electron chi connectivity index (χ0n) is 21.0. The third-order valence-electron chi connectivity index (χ3n) is 5.72. The van der Waals surface area contributed by atoms with E-state index in [9.17, 15) is 28.0 Å². The number of rotatable bonds is 6. The number of aromatic amines is 1. The summed E-state index contributed by atoms with van der Waals surface area (Å²) in [5, 5.41) is 23.8. The number of halogens is 3. The lowest BCUT2D eigenvalue weighted by Crippen LogP contribution is -2.31. The van der Waals surface area contributed by atoms with Crippen molar-refractivity contribution in [1.29, 1.82) is 0 Å². The highest BCUT2D eigenvalue weighted by molar-refractivity contribution is 6.01. The largest absolute Gasteiger partial charge is 0.740 e. The van der Waals surface area contributed by atoms with E-state index < -0.39 is 23.9 Å². The Hall–Kier alpha value is -5.73. The minimum absolute atomic E-state index is 0.0957. The van der Waals surface area contributed by atoms with Crippen LogP contribution in [0.1, 0.15) is 5.56 Å². The molecule has 0 saturated heterocycles. The van der Waals surface area contributed by atoms with Crippen LogP contribution < -0.4 is 25.4 Å². The van der Waals surface area contributed by atoms with Crippen LogP contribution in [0.5, 0.6) is 11.5 Å². The smallest absolute Gasteiger partial charge is 0.476 e. The van der Waals surface area contributed by atoms with Crippen molar-refractivity contribution in [3.8, 4) is 17.2 Å². The number of aromatic nitrogens is 4. The Bertz CT molecular complexity index is 1720. The number of nitrogens with one attached hydrogen (secondary N) is 4. The first-order valence-electron chi connectivity index (χ1n) is 11.8. The fourth-order valence-electron chi connectivity index (χ4n) is 3.83. The molecule has 210 valence electrons. The zero-order chi connectivity index (χ0) is 29.1. The van der Waals surface area contributed by atoms with Gasteiger partial charge in [-0.2, -0.15) is 23.6 Å². The number of carbonyl (C=O) groups is 2. The minimum atomic E-state index is -4.60. The topological polar surface area (TPSA) is 149 Å². The first-order chi connectivity index (χ1) is 19.6. The summed E-state index contributed by atoms with van der Waals surface area (Å²) < 4.78 is 51.9. The Morgan fingerprint density at radius 1 is 1.00 bits per heavy atom. The molecular weight excluding hydrogens is 547 g/mol. The molecule has 0 unspecified atom stereocenters. The van der Waals surface area contributed by atoms with Gasteiger partial charge in [0.15, 0.2) is 0 Å². The molecule has 3 aromatic carbocycles. The van der Waals surface area contributed by atoms with Crippen molar-refractivity contribution >= 4 is 40.5 Å². The van der Waals surface area contributed by atoms with Gasteiger partial charge in [0.25, 0.3) is 0 Å². The Morgan fingerprint density at radius 3 is 2.44 bits per heavy atom. The molecule has 0 radical (unpaired) electrons. The van der Waals surface area contributed by atoms with Crippen molar-refractivity contribution in [2.75, 3.05) is 23.1 Å². The predicted octanol–water partition coefficient (Wildman–Crippen LogP) is 5.62. The number of anilines is 3. The quantitative estimate of drug-likeness (QED) is 0.155. The number of methoxy groups -OCH3 is 1. The summed E-state index contributed by atoms with van der Waals surface area (Å²) in [5.41, 5.74) is 0.199. The summed E-state index contributed by atoms with van der Waals surface area (Å²) in [6.45, 7) is 0. The van der Waals surface area contributed by atoms with E-state index in [2.05, 4.69) is 30.8 Å². The second-order valence-corrected chi connectivity index (χ2v) is 8.45. The van der Waals surface area contributed by atoms with Crippen molar-refractivity contribution in [2.45, 2.75) is 6.18 Å². The molecule has 12 nitrogen and oxygen atoms in total. The Kier molecular flexibility index (Phi) is 7.07. The average molecular weight is 567 g/mol. The highest BCUT2D eigenvalue weighted by Crippen LogP contribution is 2.33. The minimum Gasteiger partial charge on any atom is -0.740 e. The number of carbonyl (C=O) groups excluding carboxylic acids is 2. The first-order valence-corrected chi connectivity index (χ1v) is 11.8. The van der Waals surface area contributed by atoms with Crippen LogP contribution in [-0.2, 0) is 10.9 Å². The molecule has 0 aliphatic heterocycles. The number of ether oxygens (including phenoxy) is 2. The molecule has 0 atom stereocenters. The maximum atomic E-state index is 13.3. The number of benzene rings is 3. The van der Waals surface area contributed by atoms with Gasteiger partial charge < -0.3 is 25.3 Å². The highest BCUT2D eigenvalue weighted by Gasteiger charge is 2.31. The van der Waals surface area contributed by atoms with E-state index in [0.717, 1.165) is 12.1 Å². The maximum absolute atomic E-state index is 13.3. The molecule has 0 aliphatic carbocycles. The summed E-state index contributed by atoms with van der Waals surface area (Å²) in [5.74, 6) is 0.564. The molecule has 5 rings (SSSR count). The predicted molar refractivity (Wildman–Crippen MR) is 141 cm³/mol. The van der Waals surface area contributed by atoms with Crippen LogP contribution in [0.25, 0.3) is 16.7 Å². The third kappa shape index (κ3) is 5.98. The van der Waals surface area contributed by atoms with Gasteiger partial charge in [0, 0.05) is 24.1 Å². The molecule has 0 fully saturated rings. The van der Waals surface area contributed by atoms with Gasteiger partial charge in [0.1, 0.15) is 22.5 Å². The molecule has 41 heavy (non-hydrogen) atoms. The highest BCUT2D eigenvalue weighted by atomic mass is 19.4. The van der Waals surface area contributed by atoms with Crippen molar-refractivity contribution < 1.29 is 37.0 Å². The fraction of sp³-hybridized carbons (Fsp3) is 0.0769. The van der Waals surface area contributed by atoms with Crippen LogP contribution in [0.2, 0.25) is 0 Å². The molecule has 3 amide bonds. The van der Waals surface area contributed by atoms with Gasteiger partial charge in [-0.05, 0) is 60.7 Å². The summed E-state index contributed by atoms with van der Waals surface area (Å²) in [4.78, 5) is 26.8. The summed E-state index contributed by atoms with van der Waals surface area (Å²) >= 11 is 0. The molecule has 0 spiro atoms. The summed E-state index contributed by atoms with van der Waals surface area (Å²) in [6.07, 6.45) is -2.42. The van der Waals surface area contributed by atoms with Gasteiger partial charge in [-0.15, -0.1) is 0 Å². The molecule has 0 aliphatic rings. The molecular formula is C26H20F3N7O5. The van der Waals surface area contributed by atoms with Crippen LogP contribution in [-0.4, -0.2) is 34.0 Å². The van der Waals surface area contributed by atoms with Crippen LogP contribution in [0.3, 0.4) is 0 Å². The van der Waals surface area contributed by atoms with E-state index in [0.29, 0.717) is 27.4 Å². The van der Waals surface area contributed by atoms with E-state index >= 15 is 0 Å². The number of H-pyrrole nitrogens is 1. The van der Waals surface area contributed by atoms with E-state index in [4.69, 9.17) is 4.74 Å². The third-order valence-corrected chi connectivity index (χ3v) is 5.72. The Labute approximate surface area is 228 Å². The lowest BCUT2D eigenvalue weighted by molar-refractivity contribution is -0.560. The van der Waals surface area contributed by atoms with Gasteiger partial charge in [-0.25, -0.2) is 24.0 Å². The molecule has 5 aromatic rings. The standard InChI is InChI=1S/C26H20F3N7O5/c1-40-25(38)34-23-32-19-9-8-18(14-22(19)36(23)39)41-17-6-4-16(5-7-17)31-24(37)33-20-13-15(26(27,28)29)3-10-21(20)35-12-2-11-30-35/h2-14,32H,1H3,(H,34,38)(H2,31,33,37). The van der Waals surface area contributed by atoms with E-state index in [1.807, 2.05) is 0 Å². The number of nitrogens with zero attached hydrogens (tertiary/aromatic N) is 3. The number of fused-ring (bicyclic) bond motifs is 1. The zero-order valence-corrected chi connectivity index (χ0v) is 21.0. The van der Waals surface area contributed by atoms with Crippen molar-refractivity contribution in [3.05, 3.63) is 89.9 Å². The number of hydrogen-bond donors (Lipinski definition) is 4. The van der Waals surface area contributed by atoms with Crippen LogP contribution in [0.15, 0.2) is 79.1 Å². The lowest BCUT2D eigenvalue weighted by Gasteiger charge is -2.15. The summed E-state index contributed by atoms with van der Waals surface area (Å²) in [6, 6.07) is 14.6. The average Bonchev–Trinajstić information content (AvgIpc) is 3.58. The van der Waals surface area contributed by atoms with Gasteiger partial charge >= 0.3 is 24.2 Å². The number of imidazole rings is 1. The molecule has 0 saturated carbocycles. The lowest BCUT2D eigenvalue weighted by atomic mass is 10.1. The Morgan fingerprint density at radius 2 is 1.76 bits per heavy atom. The number of hydrogen-bond acceptors (Lipinski definition) is 6. The normalized spacial score (nSPS) is 11.2. The van der Waals surface area contributed by atoms with E-state index in [-0.39, 0.29) is 22.8 Å². The molecule has 2 heterocycles. The van der Waals surface area contributed by atoms with Gasteiger partial charge in [-0.1, -0.05) is 0 Å². The van der Waals surface area contributed by atoms with Crippen LogP contribution in [0, 0.1) is 5.21 Å². The second-order valence-electron chi connectivity index (χ2n) is 8.45. The monoisotopic (exact) mass is 567 g/mol. The molecule has 4 N–H and O–H groups in total. The maximum Gasteiger partial charge on any atom is 0.476 e.